The van der Waals surface area contributed by atoms with Gasteiger partial charge in [-0.25, -0.2) is 19.3 Å². The van der Waals surface area contributed by atoms with E-state index in [1.165, 1.54) is 12.1 Å². The first-order valence-corrected chi connectivity index (χ1v) is 7.85. The predicted octanol–water partition coefficient (Wildman–Crippen LogP) is 3.67. The molecule has 2 N–H and O–H groups in total. The third-order valence-corrected chi connectivity index (χ3v) is 3.88. The lowest BCUT2D eigenvalue weighted by Gasteiger charge is -2.11. The maximum atomic E-state index is 13.2. The molecule has 0 unspecified atom stereocenters. The highest BCUT2D eigenvalue weighted by Gasteiger charge is 2.10. The number of H-pyrrole nitrogens is 1. The Hall–Kier alpha value is -2.21. The monoisotopic (exact) mass is 333 g/mol. The Morgan fingerprint density at radius 2 is 2.09 bits per heavy atom. The Balaban J connectivity index is 1.71. The van der Waals surface area contributed by atoms with Gasteiger partial charge in [0.15, 0.2) is 0 Å². The fourth-order valence-electron chi connectivity index (χ4n) is 2.47. The van der Waals surface area contributed by atoms with Gasteiger partial charge < -0.3 is 10.3 Å². The molecule has 0 aliphatic heterocycles. The fraction of sp³-hybridized carbons (Fsp3) is 0.312. The van der Waals surface area contributed by atoms with Gasteiger partial charge in [0.05, 0.1) is 11.0 Å². The van der Waals surface area contributed by atoms with Gasteiger partial charge in [0.2, 0.25) is 0 Å². The van der Waals surface area contributed by atoms with E-state index >= 15 is 0 Å². The van der Waals surface area contributed by atoms with E-state index in [2.05, 4.69) is 25.3 Å². The van der Waals surface area contributed by atoms with Crippen molar-refractivity contribution in [3.63, 3.8) is 0 Å². The Labute approximate surface area is 138 Å². The summed E-state index contributed by atoms with van der Waals surface area (Å²) in [5.74, 6) is 1.92. The minimum Gasteiger partial charge on any atom is -0.369 e. The lowest BCUT2D eigenvalue weighted by molar-refractivity contribution is 0.629. The zero-order valence-electron chi connectivity index (χ0n) is 13.0. The summed E-state index contributed by atoms with van der Waals surface area (Å²) in [6.45, 7) is 4.46. The molecular weight excluding hydrogens is 317 g/mol. The van der Waals surface area contributed by atoms with Crippen molar-refractivity contribution in [3.05, 3.63) is 46.4 Å². The van der Waals surface area contributed by atoms with Crippen LogP contribution in [-0.4, -0.2) is 26.5 Å². The molecule has 3 rings (SSSR count). The Morgan fingerprint density at radius 3 is 2.87 bits per heavy atom. The van der Waals surface area contributed by atoms with Crippen LogP contribution in [0.15, 0.2) is 18.2 Å². The summed E-state index contributed by atoms with van der Waals surface area (Å²) < 4.78 is 13.2. The molecule has 0 amide bonds. The van der Waals surface area contributed by atoms with Crippen LogP contribution in [0.3, 0.4) is 0 Å². The van der Waals surface area contributed by atoms with E-state index in [4.69, 9.17) is 11.6 Å². The summed E-state index contributed by atoms with van der Waals surface area (Å²) >= 11 is 6.15. The molecule has 3 aromatic rings. The number of aromatic amines is 1. The molecule has 0 fully saturated rings. The minimum atomic E-state index is -0.274. The van der Waals surface area contributed by atoms with Crippen LogP contribution in [0.5, 0.6) is 0 Å². The Kier molecular flexibility index (Phi) is 4.43. The van der Waals surface area contributed by atoms with Crippen molar-refractivity contribution < 1.29 is 4.39 Å². The Morgan fingerprint density at radius 1 is 1.26 bits per heavy atom. The lowest BCUT2D eigenvalue weighted by atomic mass is 10.2. The average Bonchev–Trinajstić information content (AvgIpc) is 2.88. The first-order valence-electron chi connectivity index (χ1n) is 7.48. The zero-order chi connectivity index (χ0) is 16.4. The van der Waals surface area contributed by atoms with Crippen molar-refractivity contribution in [2.45, 2.75) is 26.7 Å². The number of aromatic nitrogens is 4. The first kappa shape index (κ1) is 15.7. The molecule has 1 aromatic carbocycles. The van der Waals surface area contributed by atoms with Crippen molar-refractivity contribution in [2.75, 3.05) is 11.9 Å². The fourth-order valence-corrected chi connectivity index (χ4v) is 2.82. The van der Waals surface area contributed by atoms with Crippen molar-refractivity contribution in [3.8, 4) is 0 Å². The molecule has 0 saturated heterocycles. The van der Waals surface area contributed by atoms with Crippen LogP contribution in [0.4, 0.5) is 10.2 Å². The summed E-state index contributed by atoms with van der Waals surface area (Å²) in [6, 6.07) is 4.52. The molecule has 120 valence electrons. The van der Waals surface area contributed by atoms with Gasteiger partial charge in [-0.1, -0.05) is 18.5 Å². The van der Waals surface area contributed by atoms with Crippen molar-refractivity contribution in [2.24, 2.45) is 0 Å². The van der Waals surface area contributed by atoms with Crippen LogP contribution in [0.2, 0.25) is 5.15 Å². The van der Waals surface area contributed by atoms with Crippen LogP contribution in [0.1, 0.15) is 24.1 Å². The summed E-state index contributed by atoms with van der Waals surface area (Å²) in [4.78, 5) is 16.1. The second-order valence-electron chi connectivity index (χ2n) is 5.26. The predicted molar refractivity (Wildman–Crippen MR) is 89.4 cm³/mol. The number of benzene rings is 1. The second-order valence-corrected chi connectivity index (χ2v) is 5.62. The van der Waals surface area contributed by atoms with E-state index in [0.29, 0.717) is 29.5 Å². The number of hydrogen-bond acceptors (Lipinski definition) is 4. The smallest absolute Gasteiger partial charge is 0.138 e. The van der Waals surface area contributed by atoms with E-state index < -0.39 is 0 Å². The number of hydrogen-bond donors (Lipinski definition) is 2. The molecule has 0 radical (unpaired) electrons. The van der Waals surface area contributed by atoms with Crippen LogP contribution >= 0.6 is 11.6 Å². The molecule has 0 aliphatic carbocycles. The molecule has 0 atom stereocenters. The maximum Gasteiger partial charge on any atom is 0.138 e. The molecule has 0 aliphatic rings. The number of halogens is 2. The molecule has 2 heterocycles. The van der Waals surface area contributed by atoms with E-state index in [1.54, 1.807) is 6.07 Å². The number of rotatable bonds is 5. The Bertz CT molecular complexity index is 846. The molecule has 0 bridgehead atoms. The second kappa shape index (κ2) is 6.50. The zero-order valence-corrected chi connectivity index (χ0v) is 13.7. The summed E-state index contributed by atoms with van der Waals surface area (Å²) in [7, 11) is 0. The molecule has 5 nitrogen and oxygen atoms in total. The van der Waals surface area contributed by atoms with Crippen LogP contribution < -0.4 is 5.32 Å². The highest BCUT2D eigenvalue weighted by Crippen LogP contribution is 2.21. The van der Waals surface area contributed by atoms with Crippen molar-refractivity contribution in [1.82, 2.24) is 19.9 Å². The maximum absolute atomic E-state index is 13.2. The molecule has 23 heavy (non-hydrogen) atoms. The number of anilines is 1. The standard InChI is InChI=1S/C16H17ClFN5/c1-3-11-15(17)20-9(2)21-16(11)19-7-6-14-22-12-5-4-10(18)8-13(12)23-14/h4-5,8H,3,6-7H2,1-2H3,(H,22,23)(H,19,20,21). The van der Waals surface area contributed by atoms with Gasteiger partial charge in [0.1, 0.15) is 28.4 Å². The van der Waals surface area contributed by atoms with Crippen LogP contribution in [-0.2, 0) is 12.8 Å². The van der Waals surface area contributed by atoms with Gasteiger partial charge >= 0.3 is 0 Å². The van der Waals surface area contributed by atoms with Gasteiger partial charge in [0.25, 0.3) is 0 Å². The van der Waals surface area contributed by atoms with Crippen molar-refractivity contribution in [1.29, 1.82) is 0 Å². The summed E-state index contributed by atoms with van der Waals surface area (Å²) in [6.07, 6.45) is 1.42. The third-order valence-electron chi connectivity index (χ3n) is 3.57. The summed E-state index contributed by atoms with van der Waals surface area (Å²) in [5.41, 5.74) is 2.37. The third kappa shape index (κ3) is 3.42. The topological polar surface area (TPSA) is 66.5 Å². The van der Waals surface area contributed by atoms with Gasteiger partial charge in [0, 0.05) is 18.5 Å². The highest BCUT2D eigenvalue weighted by atomic mass is 35.5. The molecule has 7 heteroatoms. The molecule has 2 aromatic heterocycles. The quantitative estimate of drug-likeness (QED) is 0.699. The van der Waals surface area contributed by atoms with Crippen LogP contribution in [0, 0.1) is 12.7 Å². The average molecular weight is 334 g/mol. The summed E-state index contributed by atoms with van der Waals surface area (Å²) in [5, 5.41) is 3.77. The normalized spacial score (nSPS) is 11.1. The van der Waals surface area contributed by atoms with Gasteiger partial charge in [-0.2, -0.15) is 0 Å². The molecule has 0 spiro atoms. The van der Waals surface area contributed by atoms with E-state index in [0.717, 1.165) is 29.1 Å². The van der Waals surface area contributed by atoms with E-state index in [9.17, 15) is 4.39 Å². The number of nitrogens with zero attached hydrogens (tertiary/aromatic N) is 3. The van der Waals surface area contributed by atoms with Gasteiger partial charge in [-0.3, -0.25) is 0 Å². The van der Waals surface area contributed by atoms with Crippen LogP contribution in [0.25, 0.3) is 11.0 Å². The highest BCUT2D eigenvalue weighted by molar-refractivity contribution is 6.30. The first-order chi connectivity index (χ1) is 11.1. The number of nitrogens with one attached hydrogen (secondary N) is 2. The van der Waals surface area contributed by atoms with E-state index in [1.807, 2.05) is 13.8 Å². The van der Waals surface area contributed by atoms with Gasteiger partial charge in [-0.15, -0.1) is 0 Å². The SMILES string of the molecule is CCc1c(Cl)nc(C)nc1NCCc1nc2ccc(F)cc2[nH]1. The molecular formula is C16H17ClFN5. The minimum absolute atomic E-state index is 0.274. The largest absolute Gasteiger partial charge is 0.369 e. The number of aryl methyl sites for hydroxylation is 1. The van der Waals surface area contributed by atoms with Crippen molar-refractivity contribution >= 4 is 28.5 Å². The lowest BCUT2D eigenvalue weighted by Crippen LogP contribution is -2.11. The van der Waals surface area contributed by atoms with Gasteiger partial charge in [-0.05, 0) is 31.5 Å². The molecule has 0 saturated carbocycles. The number of fused-ring (bicyclic) bond motifs is 1. The van der Waals surface area contributed by atoms with E-state index in [-0.39, 0.29) is 5.82 Å². The number of imidazole rings is 1.